The first kappa shape index (κ1) is 13.9. The molecule has 1 rings (SSSR count). The second-order valence-corrected chi connectivity index (χ2v) is 4.47. The van der Waals surface area contributed by atoms with Gasteiger partial charge < -0.3 is 14.9 Å². The lowest BCUT2D eigenvalue weighted by Crippen LogP contribution is -2.45. The van der Waals surface area contributed by atoms with Crippen LogP contribution in [0.5, 0.6) is 0 Å². The summed E-state index contributed by atoms with van der Waals surface area (Å²) in [7, 11) is 0. The van der Waals surface area contributed by atoms with Gasteiger partial charge in [0.1, 0.15) is 0 Å². The third kappa shape index (κ3) is 4.78. The number of ether oxygens (including phenoxy) is 1. The molecule has 1 fully saturated rings. The molecule has 0 aromatic carbocycles. The Balaban J connectivity index is 2.24. The Labute approximate surface area is 98.2 Å². The van der Waals surface area contributed by atoms with Crippen molar-refractivity contribution in [3.63, 3.8) is 0 Å². The summed E-state index contributed by atoms with van der Waals surface area (Å²) in [5.74, 6) is 0. The van der Waals surface area contributed by atoms with Gasteiger partial charge in [0.2, 0.25) is 0 Å². The lowest BCUT2D eigenvalue weighted by atomic mass is 9.91. The minimum atomic E-state index is -0.403. The van der Waals surface area contributed by atoms with Crippen molar-refractivity contribution in [2.45, 2.75) is 44.8 Å². The van der Waals surface area contributed by atoms with Crippen molar-refractivity contribution < 1.29 is 14.9 Å². The molecular weight excluding hydrogens is 206 g/mol. The smallest absolute Gasteiger partial charge is 0.0900 e. The van der Waals surface area contributed by atoms with Crippen LogP contribution in [-0.2, 0) is 4.74 Å². The van der Waals surface area contributed by atoms with Gasteiger partial charge in [-0.2, -0.15) is 0 Å². The summed E-state index contributed by atoms with van der Waals surface area (Å²) in [5, 5.41) is 18.6. The molecular formula is C12H25NO3. The third-order valence-electron chi connectivity index (χ3n) is 3.15. The molecule has 1 unspecified atom stereocenters. The fourth-order valence-electron chi connectivity index (χ4n) is 2.03. The number of aliphatic hydroxyl groups excluding tert-OH is 2. The van der Waals surface area contributed by atoms with Crippen LogP contribution in [0.1, 0.15) is 32.6 Å². The summed E-state index contributed by atoms with van der Waals surface area (Å²) >= 11 is 0. The maximum absolute atomic E-state index is 9.79. The molecule has 96 valence electrons. The lowest BCUT2D eigenvalue weighted by Gasteiger charge is -2.38. The quantitative estimate of drug-likeness (QED) is 0.611. The van der Waals surface area contributed by atoms with Gasteiger partial charge in [-0.3, -0.25) is 4.90 Å². The van der Waals surface area contributed by atoms with Crippen LogP contribution in [0.3, 0.4) is 0 Å². The average Bonchev–Trinajstić information content (AvgIpc) is 2.20. The van der Waals surface area contributed by atoms with Crippen LogP contribution in [0.15, 0.2) is 0 Å². The first-order valence-electron chi connectivity index (χ1n) is 6.38. The largest absolute Gasteiger partial charge is 0.396 e. The normalized spacial score (nSPS) is 18.8. The van der Waals surface area contributed by atoms with Crippen LogP contribution >= 0.6 is 0 Å². The molecule has 4 heteroatoms. The first-order chi connectivity index (χ1) is 7.77. The van der Waals surface area contributed by atoms with E-state index in [1.54, 1.807) is 0 Å². The summed E-state index contributed by atoms with van der Waals surface area (Å²) in [6, 6.07) is 0.614. The second-order valence-electron chi connectivity index (χ2n) is 4.47. The Morgan fingerprint density at radius 1 is 1.44 bits per heavy atom. The van der Waals surface area contributed by atoms with Crippen LogP contribution in [0.25, 0.3) is 0 Å². The Kier molecular flexibility index (Phi) is 6.96. The van der Waals surface area contributed by atoms with Gasteiger partial charge in [0.15, 0.2) is 0 Å². The van der Waals surface area contributed by atoms with E-state index in [1.165, 1.54) is 19.3 Å². The molecule has 0 saturated heterocycles. The Bertz CT molecular complexity index is 174. The Morgan fingerprint density at radius 3 is 2.69 bits per heavy atom. The highest BCUT2D eigenvalue weighted by Gasteiger charge is 2.25. The van der Waals surface area contributed by atoms with E-state index in [1.807, 2.05) is 6.92 Å². The minimum absolute atomic E-state index is 0.227. The number of nitrogens with zero attached hydrogens (tertiary/aromatic N) is 1. The summed E-state index contributed by atoms with van der Waals surface area (Å²) in [6.07, 6.45) is 4.14. The van der Waals surface area contributed by atoms with Crippen LogP contribution in [0.2, 0.25) is 0 Å². The van der Waals surface area contributed by atoms with Gasteiger partial charge in [0.25, 0.3) is 0 Å². The molecule has 0 aliphatic heterocycles. The molecule has 0 heterocycles. The zero-order chi connectivity index (χ0) is 11.8. The molecule has 4 nitrogen and oxygen atoms in total. The van der Waals surface area contributed by atoms with Gasteiger partial charge in [-0.25, -0.2) is 0 Å². The maximum atomic E-state index is 9.79. The standard InChI is InChI=1S/C12H25NO3/c1-2-16-10-12(15)9-13(7-4-8-14)11-5-3-6-11/h11-12,14-15H,2-10H2,1H3. The van der Waals surface area contributed by atoms with E-state index >= 15 is 0 Å². The second kappa shape index (κ2) is 8.01. The zero-order valence-corrected chi connectivity index (χ0v) is 10.3. The minimum Gasteiger partial charge on any atom is -0.396 e. The van der Waals surface area contributed by atoms with Crippen molar-refractivity contribution in [2.75, 3.05) is 32.9 Å². The van der Waals surface area contributed by atoms with E-state index in [0.717, 1.165) is 13.0 Å². The molecule has 0 amide bonds. The Morgan fingerprint density at radius 2 is 2.19 bits per heavy atom. The highest BCUT2D eigenvalue weighted by molar-refractivity contribution is 4.81. The van der Waals surface area contributed by atoms with E-state index < -0.39 is 6.10 Å². The highest BCUT2D eigenvalue weighted by Crippen LogP contribution is 2.24. The topological polar surface area (TPSA) is 52.9 Å². The van der Waals surface area contributed by atoms with Crippen molar-refractivity contribution in [3.8, 4) is 0 Å². The molecule has 16 heavy (non-hydrogen) atoms. The van der Waals surface area contributed by atoms with Crippen LogP contribution < -0.4 is 0 Å². The predicted molar refractivity (Wildman–Crippen MR) is 63.4 cm³/mol. The molecule has 0 spiro atoms. The molecule has 1 atom stereocenters. The van der Waals surface area contributed by atoms with E-state index in [-0.39, 0.29) is 6.61 Å². The van der Waals surface area contributed by atoms with E-state index in [4.69, 9.17) is 9.84 Å². The predicted octanol–water partition coefficient (Wildman–Crippen LogP) is 0.621. The van der Waals surface area contributed by atoms with Crippen molar-refractivity contribution in [3.05, 3.63) is 0 Å². The van der Waals surface area contributed by atoms with Gasteiger partial charge in [-0.05, 0) is 26.2 Å². The fourth-order valence-corrected chi connectivity index (χ4v) is 2.03. The van der Waals surface area contributed by atoms with Crippen LogP contribution in [0, 0.1) is 0 Å². The van der Waals surface area contributed by atoms with Crippen LogP contribution in [0.4, 0.5) is 0 Å². The number of aliphatic hydroxyl groups is 2. The molecule has 1 aliphatic carbocycles. The molecule has 1 aliphatic rings. The molecule has 2 N–H and O–H groups in total. The van der Waals surface area contributed by atoms with E-state index in [9.17, 15) is 5.11 Å². The van der Waals surface area contributed by atoms with Crippen molar-refractivity contribution in [1.29, 1.82) is 0 Å². The van der Waals surface area contributed by atoms with Crippen molar-refractivity contribution in [1.82, 2.24) is 4.90 Å². The van der Waals surface area contributed by atoms with Gasteiger partial charge in [-0.15, -0.1) is 0 Å². The van der Waals surface area contributed by atoms with Gasteiger partial charge in [0.05, 0.1) is 12.7 Å². The van der Waals surface area contributed by atoms with Crippen molar-refractivity contribution >= 4 is 0 Å². The fraction of sp³-hybridized carbons (Fsp3) is 1.00. The van der Waals surface area contributed by atoms with E-state index in [2.05, 4.69) is 4.90 Å². The maximum Gasteiger partial charge on any atom is 0.0900 e. The zero-order valence-electron chi connectivity index (χ0n) is 10.3. The van der Waals surface area contributed by atoms with Gasteiger partial charge in [0, 0.05) is 32.3 Å². The molecule has 0 aromatic rings. The molecule has 0 bridgehead atoms. The third-order valence-corrected chi connectivity index (χ3v) is 3.15. The molecule has 1 saturated carbocycles. The average molecular weight is 231 g/mol. The lowest BCUT2D eigenvalue weighted by molar-refractivity contribution is 0.000973. The number of rotatable bonds is 9. The number of hydrogen-bond acceptors (Lipinski definition) is 4. The van der Waals surface area contributed by atoms with Gasteiger partial charge in [-0.1, -0.05) is 6.42 Å². The molecule has 0 radical (unpaired) electrons. The van der Waals surface area contributed by atoms with Crippen molar-refractivity contribution in [2.24, 2.45) is 0 Å². The van der Waals surface area contributed by atoms with E-state index in [0.29, 0.717) is 25.8 Å². The van der Waals surface area contributed by atoms with Gasteiger partial charge >= 0.3 is 0 Å². The summed E-state index contributed by atoms with van der Waals surface area (Å²) in [4.78, 5) is 2.30. The monoisotopic (exact) mass is 231 g/mol. The number of hydrogen-bond donors (Lipinski definition) is 2. The summed E-state index contributed by atoms with van der Waals surface area (Å²) in [6.45, 7) is 4.78. The highest BCUT2D eigenvalue weighted by atomic mass is 16.5. The Hall–Kier alpha value is -0.160. The first-order valence-corrected chi connectivity index (χ1v) is 6.38. The SMILES string of the molecule is CCOCC(O)CN(CCCO)C1CCC1. The summed E-state index contributed by atoms with van der Waals surface area (Å²) < 4.78 is 5.21. The summed E-state index contributed by atoms with van der Waals surface area (Å²) in [5.41, 5.74) is 0. The molecule has 0 aromatic heterocycles. The van der Waals surface area contributed by atoms with Crippen LogP contribution in [-0.4, -0.2) is 60.2 Å².